The summed E-state index contributed by atoms with van der Waals surface area (Å²) >= 11 is 1.80. The van der Waals surface area contributed by atoms with Gasteiger partial charge in [-0.25, -0.2) is 0 Å². The molecule has 4 nitrogen and oxygen atoms in total. The molecule has 1 aliphatic rings. The van der Waals surface area contributed by atoms with Crippen molar-refractivity contribution < 1.29 is 4.52 Å². The SMILES string of the molecule is CCSCc1noc(CC2(N)CCCCC2)n1. The maximum Gasteiger partial charge on any atom is 0.228 e. The van der Waals surface area contributed by atoms with Gasteiger partial charge in [-0.1, -0.05) is 31.3 Å². The van der Waals surface area contributed by atoms with E-state index in [2.05, 4.69) is 17.1 Å². The second-order valence-corrected chi connectivity index (χ2v) is 6.12. The number of hydrogen-bond acceptors (Lipinski definition) is 5. The summed E-state index contributed by atoms with van der Waals surface area (Å²) < 4.78 is 5.28. The number of nitrogens with two attached hydrogens (primary N) is 1. The first-order valence-corrected chi connectivity index (χ1v) is 7.55. The Morgan fingerprint density at radius 2 is 2.12 bits per heavy atom. The lowest BCUT2D eigenvalue weighted by molar-refractivity contribution is 0.260. The summed E-state index contributed by atoms with van der Waals surface area (Å²) in [5.41, 5.74) is 6.26. The first-order chi connectivity index (χ1) is 8.22. The van der Waals surface area contributed by atoms with Crippen LogP contribution >= 0.6 is 11.8 Å². The van der Waals surface area contributed by atoms with Gasteiger partial charge in [0, 0.05) is 12.0 Å². The van der Waals surface area contributed by atoms with Crippen molar-refractivity contribution in [2.75, 3.05) is 5.75 Å². The number of hydrogen-bond donors (Lipinski definition) is 1. The standard InChI is InChI=1S/C12H21N3OS/c1-2-17-9-10-14-11(16-15-10)8-12(13)6-4-3-5-7-12/h2-9,13H2,1H3. The minimum absolute atomic E-state index is 0.111. The Bertz CT molecular complexity index is 347. The van der Waals surface area contributed by atoms with E-state index < -0.39 is 0 Å². The molecule has 0 bridgehead atoms. The van der Waals surface area contributed by atoms with Gasteiger partial charge in [0.1, 0.15) is 0 Å². The predicted octanol–water partition coefficient (Wildman–Crippen LogP) is 2.53. The van der Waals surface area contributed by atoms with Gasteiger partial charge in [0.2, 0.25) is 5.89 Å². The van der Waals surface area contributed by atoms with E-state index in [9.17, 15) is 0 Å². The van der Waals surface area contributed by atoms with Crippen molar-refractivity contribution in [1.82, 2.24) is 10.1 Å². The van der Waals surface area contributed by atoms with Gasteiger partial charge in [0.05, 0.1) is 5.75 Å². The minimum Gasteiger partial charge on any atom is -0.339 e. The fraction of sp³-hybridized carbons (Fsp3) is 0.833. The van der Waals surface area contributed by atoms with Gasteiger partial charge in [0.25, 0.3) is 0 Å². The summed E-state index contributed by atoms with van der Waals surface area (Å²) in [4.78, 5) is 4.41. The monoisotopic (exact) mass is 255 g/mol. The van der Waals surface area contributed by atoms with E-state index in [1.807, 2.05) is 0 Å². The Morgan fingerprint density at radius 1 is 1.35 bits per heavy atom. The molecule has 0 unspecified atom stereocenters. The number of thioether (sulfide) groups is 1. The highest BCUT2D eigenvalue weighted by atomic mass is 32.2. The average Bonchev–Trinajstić information content (AvgIpc) is 2.74. The Kier molecular flexibility index (Phi) is 4.45. The molecule has 1 heterocycles. The predicted molar refractivity (Wildman–Crippen MR) is 69.8 cm³/mol. The summed E-state index contributed by atoms with van der Waals surface area (Å²) in [6.45, 7) is 2.13. The van der Waals surface area contributed by atoms with Crippen LogP contribution in [0.4, 0.5) is 0 Å². The third kappa shape index (κ3) is 3.71. The van der Waals surface area contributed by atoms with Crippen molar-refractivity contribution in [2.45, 2.75) is 56.7 Å². The molecule has 0 amide bonds. The van der Waals surface area contributed by atoms with Crippen LogP contribution in [0.15, 0.2) is 4.52 Å². The highest BCUT2D eigenvalue weighted by Gasteiger charge is 2.29. The Balaban J connectivity index is 1.91. The van der Waals surface area contributed by atoms with Gasteiger partial charge in [-0.05, 0) is 18.6 Å². The molecule has 1 aliphatic carbocycles. The van der Waals surface area contributed by atoms with Crippen LogP contribution in [0.3, 0.4) is 0 Å². The number of rotatable bonds is 5. The summed E-state index contributed by atoms with van der Waals surface area (Å²) in [7, 11) is 0. The van der Waals surface area contributed by atoms with E-state index in [-0.39, 0.29) is 5.54 Å². The second-order valence-electron chi connectivity index (χ2n) is 4.84. The van der Waals surface area contributed by atoms with Crippen LogP contribution in [-0.4, -0.2) is 21.4 Å². The summed E-state index contributed by atoms with van der Waals surface area (Å²) in [6, 6.07) is 0. The van der Waals surface area contributed by atoms with E-state index in [0.717, 1.165) is 36.6 Å². The van der Waals surface area contributed by atoms with Crippen LogP contribution in [0.25, 0.3) is 0 Å². The van der Waals surface area contributed by atoms with Crippen molar-refractivity contribution in [2.24, 2.45) is 5.73 Å². The molecule has 96 valence electrons. The van der Waals surface area contributed by atoms with Crippen molar-refractivity contribution in [1.29, 1.82) is 0 Å². The molecular weight excluding hydrogens is 234 g/mol. The maximum absolute atomic E-state index is 6.37. The summed E-state index contributed by atoms with van der Waals surface area (Å²) in [5, 5.41) is 3.99. The zero-order valence-corrected chi connectivity index (χ0v) is 11.3. The topological polar surface area (TPSA) is 64.9 Å². The van der Waals surface area contributed by atoms with Gasteiger partial charge < -0.3 is 10.3 Å². The van der Waals surface area contributed by atoms with Gasteiger partial charge >= 0.3 is 0 Å². The number of aromatic nitrogens is 2. The molecule has 0 spiro atoms. The van der Waals surface area contributed by atoms with Crippen LogP contribution in [-0.2, 0) is 12.2 Å². The Hall–Kier alpha value is -0.550. The molecule has 0 saturated heterocycles. The quantitative estimate of drug-likeness (QED) is 0.876. The lowest BCUT2D eigenvalue weighted by Gasteiger charge is -2.31. The van der Waals surface area contributed by atoms with Crippen molar-refractivity contribution in [3.05, 3.63) is 11.7 Å². The van der Waals surface area contributed by atoms with E-state index in [4.69, 9.17) is 10.3 Å². The molecular formula is C12H21N3OS. The number of nitrogens with zero attached hydrogens (tertiary/aromatic N) is 2. The third-order valence-electron chi connectivity index (χ3n) is 3.30. The molecule has 1 aromatic rings. The van der Waals surface area contributed by atoms with Crippen LogP contribution in [0.2, 0.25) is 0 Å². The van der Waals surface area contributed by atoms with Crippen LogP contribution < -0.4 is 5.73 Å². The van der Waals surface area contributed by atoms with Gasteiger partial charge in [-0.2, -0.15) is 16.7 Å². The van der Waals surface area contributed by atoms with Crippen molar-refractivity contribution in [3.63, 3.8) is 0 Å². The highest BCUT2D eigenvalue weighted by molar-refractivity contribution is 7.98. The molecule has 1 aromatic heterocycles. The smallest absolute Gasteiger partial charge is 0.228 e. The molecule has 2 rings (SSSR count). The van der Waals surface area contributed by atoms with E-state index in [0.29, 0.717) is 5.89 Å². The van der Waals surface area contributed by atoms with Crippen molar-refractivity contribution >= 4 is 11.8 Å². The lowest BCUT2D eigenvalue weighted by Crippen LogP contribution is -2.43. The van der Waals surface area contributed by atoms with Crippen molar-refractivity contribution in [3.8, 4) is 0 Å². The molecule has 1 fully saturated rings. The fourth-order valence-corrected chi connectivity index (χ4v) is 2.85. The normalized spacial score (nSPS) is 19.4. The van der Waals surface area contributed by atoms with Gasteiger partial charge in [0.15, 0.2) is 5.82 Å². The zero-order valence-electron chi connectivity index (χ0n) is 10.4. The van der Waals surface area contributed by atoms with Gasteiger partial charge in [-0.15, -0.1) is 0 Å². The van der Waals surface area contributed by atoms with E-state index in [1.54, 1.807) is 11.8 Å². The first-order valence-electron chi connectivity index (χ1n) is 6.40. The fourth-order valence-electron chi connectivity index (χ4n) is 2.35. The van der Waals surface area contributed by atoms with E-state index in [1.165, 1.54) is 19.3 Å². The summed E-state index contributed by atoms with van der Waals surface area (Å²) in [5.74, 6) is 3.41. The van der Waals surface area contributed by atoms with E-state index >= 15 is 0 Å². The Morgan fingerprint density at radius 3 is 2.82 bits per heavy atom. The van der Waals surface area contributed by atoms with Crippen LogP contribution in [0.5, 0.6) is 0 Å². The average molecular weight is 255 g/mol. The maximum atomic E-state index is 6.37. The largest absolute Gasteiger partial charge is 0.339 e. The zero-order chi connectivity index (χ0) is 12.1. The Labute approximate surface area is 107 Å². The third-order valence-corrected chi connectivity index (χ3v) is 4.17. The van der Waals surface area contributed by atoms with Gasteiger partial charge in [-0.3, -0.25) is 0 Å². The molecule has 17 heavy (non-hydrogen) atoms. The second kappa shape index (κ2) is 5.87. The molecule has 0 atom stereocenters. The molecule has 0 radical (unpaired) electrons. The lowest BCUT2D eigenvalue weighted by atomic mass is 9.80. The van der Waals surface area contributed by atoms with Crippen LogP contribution in [0.1, 0.15) is 50.7 Å². The molecule has 0 aliphatic heterocycles. The minimum atomic E-state index is -0.111. The molecule has 2 N–H and O–H groups in total. The van der Waals surface area contributed by atoms with Crippen LogP contribution in [0, 0.1) is 0 Å². The summed E-state index contributed by atoms with van der Waals surface area (Å²) in [6.07, 6.45) is 6.65. The highest BCUT2D eigenvalue weighted by Crippen LogP contribution is 2.28. The first kappa shape index (κ1) is 12.9. The molecule has 5 heteroatoms. The molecule has 0 aromatic carbocycles. The molecule has 1 saturated carbocycles.